The Morgan fingerprint density at radius 2 is 2.00 bits per heavy atom. The minimum absolute atomic E-state index is 0.0606. The van der Waals surface area contributed by atoms with E-state index in [0.717, 1.165) is 28.7 Å². The number of hydrogen-bond donors (Lipinski definition) is 1. The molecule has 1 aromatic carbocycles. The van der Waals surface area contributed by atoms with Crippen LogP contribution in [0.4, 0.5) is 5.69 Å². The number of rotatable bonds is 4. The molecule has 0 spiro atoms. The molecule has 0 bridgehead atoms. The molecule has 0 unspecified atom stereocenters. The van der Waals surface area contributed by atoms with Crippen LogP contribution >= 0.6 is 24.0 Å². The van der Waals surface area contributed by atoms with Crippen molar-refractivity contribution in [2.75, 3.05) is 24.2 Å². The van der Waals surface area contributed by atoms with E-state index < -0.39 is 0 Å². The molecule has 6 heteroatoms. The molecular weight excluding hydrogens is 302 g/mol. The zero-order valence-electron chi connectivity index (χ0n) is 11.7. The summed E-state index contributed by atoms with van der Waals surface area (Å²) < 4.78 is 0.812. The highest BCUT2D eigenvalue weighted by Gasteiger charge is 2.16. The molecule has 0 radical (unpaired) electrons. The summed E-state index contributed by atoms with van der Waals surface area (Å²) in [6.07, 6.45) is 2.75. The van der Waals surface area contributed by atoms with Crippen molar-refractivity contribution in [1.29, 1.82) is 5.26 Å². The third-order valence-electron chi connectivity index (χ3n) is 3.21. The van der Waals surface area contributed by atoms with Gasteiger partial charge in [-0.2, -0.15) is 5.26 Å². The van der Waals surface area contributed by atoms with Gasteiger partial charge in [0.25, 0.3) is 0 Å². The number of thiocarbonyl (C=S) groups is 1. The van der Waals surface area contributed by atoms with Gasteiger partial charge in [0, 0.05) is 18.8 Å². The number of carbonyl (C=O) groups is 1. The van der Waals surface area contributed by atoms with E-state index in [1.54, 1.807) is 0 Å². The number of nitriles is 1. The molecule has 1 aliphatic heterocycles. The SMILES string of the molecule is N#CCc1ccc(NC(=O)CSC(=S)N2CCCC2)cc1. The van der Waals surface area contributed by atoms with E-state index >= 15 is 0 Å². The van der Waals surface area contributed by atoms with E-state index in [0.29, 0.717) is 12.2 Å². The number of hydrogen-bond acceptors (Lipinski definition) is 4. The van der Waals surface area contributed by atoms with Gasteiger partial charge >= 0.3 is 0 Å². The lowest BCUT2D eigenvalue weighted by molar-refractivity contribution is -0.113. The highest BCUT2D eigenvalue weighted by molar-refractivity contribution is 8.23. The van der Waals surface area contributed by atoms with Gasteiger partial charge in [0.1, 0.15) is 4.32 Å². The Labute approximate surface area is 134 Å². The highest BCUT2D eigenvalue weighted by atomic mass is 32.2. The second kappa shape index (κ2) is 8.01. The molecule has 110 valence electrons. The van der Waals surface area contributed by atoms with Crippen molar-refractivity contribution in [3.05, 3.63) is 29.8 Å². The number of carbonyl (C=O) groups excluding carboxylic acids is 1. The van der Waals surface area contributed by atoms with Crippen molar-refractivity contribution in [1.82, 2.24) is 4.90 Å². The minimum Gasteiger partial charge on any atom is -0.358 e. The van der Waals surface area contributed by atoms with E-state index in [4.69, 9.17) is 17.5 Å². The molecule has 0 aliphatic carbocycles. The Balaban J connectivity index is 1.76. The summed E-state index contributed by atoms with van der Waals surface area (Å²) in [5, 5.41) is 11.4. The van der Waals surface area contributed by atoms with E-state index in [1.165, 1.54) is 24.6 Å². The maximum Gasteiger partial charge on any atom is 0.234 e. The number of nitrogens with one attached hydrogen (secondary N) is 1. The van der Waals surface area contributed by atoms with Crippen LogP contribution in [0.15, 0.2) is 24.3 Å². The van der Waals surface area contributed by atoms with E-state index in [-0.39, 0.29) is 5.91 Å². The first-order valence-corrected chi connectivity index (χ1v) is 8.26. The molecule has 4 nitrogen and oxygen atoms in total. The van der Waals surface area contributed by atoms with Gasteiger partial charge in [-0.05, 0) is 30.5 Å². The van der Waals surface area contributed by atoms with Crippen LogP contribution in [0, 0.1) is 11.3 Å². The van der Waals surface area contributed by atoms with Gasteiger partial charge in [0.2, 0.25) is 5.91 Å². The second-order valence-electron chi connectivity index (χ2n) is 4.83. The maximum absolute atomic E-state index is 11.9. The third kappa shape index (κ3) is 5.03. The Hall–Kier alpha value is -1.58. The van der Waals surface area contributed by atoms with Crippen molar-refractivity contribution in [3.63, 3.8) is 0 Å². The zero-order chi connectivity index (χ0) is 15.1. The first-order valence-electron chi connectivity index (χ1n) is 6.86. The van der Waals surface area contributed by atoms with E-state index in [2.05, 4.69) is 16.3 Å². The van der Waals surface area contributed by atoms with Crippen LogP contribution in [-0.2, 0) is 11.2 Å². The fraction of sp³-hybridized carbons (Fsp3) is 0.400. The molecule has 1 amide bonds. The predicted octanol–water partition coefficient (Wildman–Crippen LogP) is 2.81. The molecule has 0 aromatic heterocycles. The van der Waals surface area contributed by atoms with Crippen LogP contribution in [0.5, 0.6) is 0 Å². The van der Waals surface area contributed by atoms with E-state index in [1.807, 2.05) is 24.3 Å². The topological polar surface area (TPSA) is 56.1 Å². The molecule has 2 rings (SSSR count). The average molecular weight is 319 g/mol. The Bertz CT molecular complexity index is 545. The maximum atomic E-state index is 11.9. The Morgan fingerprint density at radius 3 is 2.62 bits per heavy atom. The van der Waals surface area contributed by atoms with Crippen LogP contribution in [0.25, 0.3) is 0 Å². The average Bonchev–Trinajstić information content (AvgIpc) is 3.01. The van der Waals surface area contributed by atoms with Gasteiger partial charge in [0.05, 0.1) is 18.2 Å². The van der Waals surface area contributed by atoms with Crippen molar-refractivity contribution >= 4 is 39.9 Å². The molecule has 0 saturated carbocycles. The molecule has 21 heavy (non-hydrogen) atoms. The van der Waals surface area contributed by atoms with Crippen LogP contribution in [0.2, 0.25) is 0 Å². The van der Waals surface area contributed by atoms with Crippen LogP contribution in [0.3, 0.4) is 0 Å². The summed E-state index contributed by atoms with van der Waals surface area (Å²) in [5.74, 6) is 0.268. The normalized spacial score (nSPS) is 13.8. The number of amides is 1. The van der Waals surface area contributed by atoms with Gasteiger partial charge in [-0.3, -0.25) is 4.79 Å². The summed E-state index contributed by atoms with van der Waals surface area (Å²) >= 11 is 6.74. The third-order valence-corrected chi connectivity index (χ3v) is 4.74. The number of anilines is 1. The van der Waals surface area contributed by atoms with Gasteiger partial charge in [-0.1, -0.05) is 36.1 Å². The quantitative estimate of drug-likeness (QED) is 0.865. The number of likely N-dealkylation sites (tertiary alicyclic amines) is 1. The standard InChI is InChI=1S/C15H17N3OS2/c16-8-7-12-3-5-13(6-4-12)17-14(19)11-21-15(20)18-9-1-2-10-18/h3-6H,1-2,7,9-11H2,(H,17,19). The van der Waals surface area contributed by atoms with Crippen molar-refractivity contribution in [2.45, 2.75) is 19.3 Å². The second-order valence-corrected chi connectivity index (χ2v) is 6.44. The molecule has 1 heterocycles. The lowest BCUT2D eigenvalue weighted by atomic mass is 10.1. The predicted molar refractivity (Wildman–Crippen MR) is 90.3 cm³/mol. The van der Waals surface area contributed by atoms with Crippen molar-refractivity contribution in [3.8, 4) is 6.07 Å². The van der Waals surface area contributed by atoms with Gasteiger partial charge < -0.3 is 10.2 Å². The monoisotopic (exact) mass is 319 g/mol. The van der Waals surface area contributed by atoms with Crippen molar-refractivity contribution < 1.29 is 4.79 Å². The molecule has 1 N–H and O–H groups in total. The largest absolute Gasteiger partial charge is 0.358 e. The van der Waals surface area contributed by atoms with Gasteiger partial charge in [-0.25, -0.2) is 0 Å². The summed E-state index contributed by atoms with van der Waals surface area (Å²) in [4.78, 5) is 14.0. The fourth-order valence-electron chi connectivity index (χ4n) is 2.11. The number of nitrogens with zero attached hydrogens (tertiary/aromatic N) is 2. The smallest absolute Gasteiger partial charge is 0.234 e. The minimum atomic E-state index is -0.0606. The van der Waals surface area contributed by atoms with Crippen molar-refractivity contribution in [2.24, 2.45) is 0 Å². The number of thioether (sulfide) groups is 1. The zero-order valence-corrected chi connectivity index (χ0v) is 13.3. The Morgan fingerprint density at radius 1 is 1.33 bits per heavy atom. The molecule has 1 aromatic rings. The Kier molecular flexibility index (Phi) is 6.03. The lowest BCUT2D eigenvalue weighted by Crippen LogP contribution is -2.25. The lowest BCUT2D eigenvalue weighted by Gasteiger charge is -2.17. The van der Waals surface area contributed by atoms with Gasteiger partial charge in [0.15, 0.2) is 0 Å². The van der Waals surface area contributed by atoms with Gasteiger partial charge in [-0.15, -0.1) is 0 Å². The van der Waals surface area contributed by atoms with Crippen LogP contribution in [-0.4, -0.2) is 34.0 Å². The number of benzene rings is 1. The van der Waals surface area contributed by atoms with Crippen LogP contribution in [0.1, 0.15) is 18.4 Å². The first kappa shape index (κ1) is 15.8. The summed E-state index contributed by atoms with van der Waals surface area (Å²) in [6, 6.07) is 9.42. The first-order chi connectivity index (χ1) is 10.2. The summed E-state index contributed by atoms with van der Waals surface area (Å²) in [5.41, 5.74) is 1.69. The van der Waals surface area contributed by atoms with E-state index in [9.17, 15) is 4.79 Å². The molecule has 0 atom stereocenters. The highest BCUT2D eigenvalue weighted by Crippen LogP contribution is 2.17. The molecule has 1 saturated heterocycles. The molecule has 1 fully saturated rings. The molecule has 1 aliphatic rings. The van der Waals surface area contributed by atoms with Crippen LogP contribution < -0.4 is 5.32 Å². The summed E-state index contributed by atoms with van der Waals surface area (Å²) in [6.45, 7) is 2.02. The molecular formula is C15H17N3OS2. The fourth-order valence-corrected chi connectivity index (χ4v) is 3.16. The summed E-state index contributed by atoms with van der Waals surface area (Å²) in [7, 11) is 0.